The van der Waals surface area contributed by atoms with Crippen molar-refractivity contribution in [3.05, 3.63) is 96.7 Å². The van der Waals surface area contributed by atoms with Crippen molar-refractivity contribution in [1.29, 1.82) is 0 Å². The fourth-order valence-corrected chi connectivity index (χ4v) is 4.47. The zero-order valence-electron chi connectivity index (χ0n) is 23.4. The highest BCUT2D eigenvalue weighted by Gasteiger charge is 2.23. The Morgan fingerprint density at radius 1 is 1.21 bits per heavy atom. The molecule has 0 aromatic carbocycles. The normalized spacial score (nSPS) is 30.0. The molecule has 1 rings (SSSR count). The molecule has 0 amide bonds. The fourth-order valence-electron chi connectivity index (χ4n) is 3.87. The summed E-state index contributed by atoms with van der Waals surface area (Å²) in [6, 6.07) is 0. The molecule has 0 saturated heterocycles. The molecule has 216 valence electrons. The van der Waals surface area contributed by atoms with Gasteiger partial charge in [0, 0.05) is 12.3 Å². The Balaban J connectivity index is 3.16. The second-order valence-electron chi connectivity index (χ2n) is 9.80. The first-order chi connectivity index (χ1) is 18.4. The van der Waals surface area contributed by atoms with Crippen LogP contribution in [0.3, 0.4) is 0 Å². The molecule has 0 saturated carbocycles. The minimum Gasteiger partial charge on any atom is -0.462 e. The zero-order chi connectivity index (χ0) is 29.3. The highest BCUT2D eigenvalue weighted by atomic mass is 31.2. The van der Waals surface area contributed by atoms with E-state index in [1.165, 1.54) is 0 Å². The van der Waals surface area contributed by atoms with E-state index >= 15 is 0 Å². The van der Waals surface area contributed by atoms with E-state index in [0.717, 1.165) is 12.0 Å². The van der Waals surface area contributed by atoms with Gasteiger partial charge in [0.15, 0.2) is 0 Å². The van der Waals surface area contributed by atoms with E-state index in [9.17, 15) is 24.3 Å². The quantitative estimate of drug-likeness (QED) is 0.139. The smallest absolute Gasteiger partial charge is 0.462 e. The molecule has 4 unspecified atom stereocenters. The van der Waals surface area contributed by atoms with Crippen molar-refractivity contribution < 1.29 is 33.5 Å². The number of aliphatic hydroxyl groups is 1. The number of carbonyl (C=O) groups is 1. The summed E-state index contributed by atoms with van der Waals surface area (Å²) in [4.78, 5) is 31.5. The standard InChI is InChI=1S/C31H45O7P/c1-6-16-24(2)21-22-28-18-15-14-17-25(3)30(38-39(34,35)36)20-13-11-9-7-8-10-12-19-29(32)27(5)26(4)23-31(33)37-28/h6-10,12,14-17,19,27-30,32H,1,4,11,13,18,20-23H2,2-3,5H3,(H2,34,35,36)/b9-7+,10-8+,15-14-,19-12+,24-16+,25-17+. The van der Waals surface area contributed by atoms with Crippen molar-refractivity contribution in [1.82, 2.24) is 0 Å². The van der Waals surface area contributed by atoms with E-state index in [2.05, 4.69) is 13.2 Å². The first-order valence-electron chi connectivity index (χ1n) is 13.3. The molecule has 4 atom stereocenters. The Labute approximate surface area is 233 Å². The largest absolute Gasteiger partial charge is 0.470 e. The third kappa shape index (κ3) is 16.2. The Morgan fingerprint density at radius 2 is 1.92 bits per heavy atom. The number of phosphoric ester groups is 1. The van der Waals surface area contributed by atoms with Crippen LogP contribution in [0, 0.1) is 5.92 Å². The lowest BCUT2D eigenvalue weighted by atomic mass is 9.93. The second-order valence-corrected chi connectivity index (χ2v) is 11.0. The van der Waals surface area contributed by atoms with E-state index in [0.29, 0.717) is 43.3 Å². The van der Waals surface area contributed by atoms with Crippen LogP contribution in [-0.2, 0) is 18.6 Å². The molecule has 0 aromatic heterocycles. The highest BCUT2D eigenvalue weighted by Crippen LogP contribution is 2.40. The topological polar surface area (TPSA) is 113 Å². The number of cyclic esters (lactones) is 1. The number of hydrogen-bond donors (Lipinski definition) is 3. The predicted molar refractivity (Wildman–Crippen MR) is 158 cm³/mol. The van der Waals surface area contributed by atoms with E-state index in [4.69, 9.17) is 9.26 Å². The van der Waals surface area contributed by atoms with E-state index in [1.54, 1.807) is 43.4 Å². The molecule has 0 spiro atoms. The minimum atomic E-state index is -4.66. The Morgan fingerprint density at radius 3 is 2.62 bits per heavy atom. The summed E-state index contributed by atoms with van der Waals surface area (Å²) >= 11 is 0. The molecule has 1 aliphatic rings. The zero-order valence-corrected chi connectivity index (χ0v) is 24.3. The summed E-state index contributed by atoms with van der Waals surface area (Å²) in [6.07, 6.45) is 21.7. The lowest BCUT2D eigenvalue weighted by Gasteiger charge is -2.21. The van der Waals surface area contributed by atoms with Crippen LogP contribution in [-0.4, -0.2) is 39.2 Å². The van der Waals surface area contributed by atoms with Crippen LogP contribution in [0.1, 0.15) is 65.7 Å². The molecule has 0 aliphatic carbocycles. The average molecular weight is 561 g/mol. The monoisotopic (exact) mass is 560 g/mol. The number of allylic oxidation sites excluding steroid dienone is 10. The van der Waals surface area contributed by atoms with Crippen molar-refractivity contribution >= 4 is 13.8 Å². The number of ether oxygens (including phenoxy) is 1. The van der Waals surface area contributed by atoms with Crippen LogP contribution in [0.15, 0.2) is 96.7 Å². The van der Waals surface area contributed by atoms with Gasteiger partial charge in [-0.1, -0.05) is 98.1 Å². The van der Waals surface area contributed by atoms with Crippen LogP contribution in [0.2, 0.25) is 0 Å². The number of carbonyl (C=O) groups excluding carboxylic acids is 1. The van der Waals surface area contributed by atoms with Gasteiger partial charge in [0.25, 0.3) is 0 Å². The van der Waals surface area contributed by atoms with E-state index in [1.807, 2.05) is 44.2 Å². The van der Waals surface area contributed by atoms with Crippen molar-refractivity contribution in [3.63, 3.8) is 0 Å². The van der Waals surface area contributed by atoms with Crippen LogP contribution >= 0.6 is 7.82 Å². The van der Waals surface area contributed by atoms with Crippen LogP contribution < -0.4 is 0 Å². The number of esters is 1. The van der Waals surface area contributed by atoms with Crippen molar-refractivity contribution in [2.45, 2.75) is 84.0 Å². The third-order valence-corrected chi connectivity index (χ3v) is 6.90. The second kappa shape index (κ2) is 18.7. The van der Waals surface area contributed by atoms with Gasteiger partial charge in [-0.2, -0.15) is 0 Å². The summed E-state index contributed by atoms with van der Waals surface area (Å²) in [5.41, 5.74) is 2.40. The van der Waals surface area contributed by atoms with Gasteiger partial charge in [0.1, 0.15) is 6.10 Å². The van der Waals surface area contributed by atoms with Gasteiger partial charge in [0.2, 0.25) is 0 Å². The number of aliphatic hydroxyl groups excluding tert-OH is 1. The molecule has 0 bridgehead atoms. The maximum atomic E-state index is 12.7. The third-order valence-electron chi connectivity index (χ3n) is 6.37. The van der Waals surface area contributed by atoms with Gasteiger partial charge >= 0.3 is 13.8 Å². The Hall–Kier alpha value is -2.54. The molecular formula is C31H45O7P. The fraction of sp³-hybridized carbons (Fsp3) is 0.452. The first-order valence-corrected chi connectivity index (χ1v) is 14.9. The lowest BCUT2D eigenvalue weighted by Crippen LogP contribution is -2.22. The predicted octanol–water partition coefficient (Wildman–Crippen LogP) is 6.98. The molecule has 0 radical (unpaired) electrons. The lowest BCUT2D eigenvalue weighted by molar-refractivity contribution is -0.148. The van der Waals surface area contributed by atoms with Crippen molar-refractivity contribution in [2.24, 2.45) is 5.92 Å². The Kier molecular flexibility index (Phi) is 16.5. The maximum Gasteiger partial charge on any atom is 0.470 e. The molecule has 8 heteroatoms. The van der Waals surface area contributed by atoms with Gasteiger partial charge in [-0.15, -0.1) is 0 Å². The van der Waals surface area contributed by atoms with Gasteiger partial charge < -0.3 is 19.6 Å². The van der Waals surface area contributed by atoms with Crippen LogP contribution in [0.25, 0.3) is 0 Å². The van der Waals surface area contributed by atoms with Crippen LogP contribution in [0.4, 0.5) is 0 Å². The Bertz CT molecular complexity index is 1030. The summed E-state index contributed by atoms with van der Waals surface area (Å²) in [5.74, 6) is -0.719. The van der Waals surface area contributed by atoms with E-state index in [-0.39, 0.29) is 18.4 Å². The molecule has 39 heavy (non-hydrogen) atoms. The molecule has 1 aliphatic heterocycles. The average Bonchev–Trinajstić information content (AvgIpc) is 2.85. The SMILES string of the molecule is C=C/C=C(\C)CCC1C/C=C\C=C(/C)C(OP(=O)(O)O)CCC/C=C/C=C/C=C/C(O)C(C)C(=C)CC(=O)O1. The maximum absolute atomic E-state index is 12.7. The number of hydrogen-bond acceptors (Lipinski definition) is 5. The van der Waals surface area contributed by atoms with Gasteiger partial charge in [-0.3, -0.25) is 9.32 Å². The summed E-state index contributed by atoms with van der Waals surface area (Å²) < 4.78 is 22.3. The summed E-state index contributed by atoms with van der Waals surface area (Å²) in [5, 5.41) is 10.5. The van der Waals surface area contributed by atoms with Gasteiger partial charge in [-0.25, -0.2) is 4.57 Å². The molecule has 1 heterocycles. The van der Waals surface area contributed by atoms with Gasteiger partial charge in [-0.05, 0) is 51.5 Å². The van der Waals surface area contributed by atoms with E-state index < -0.39 is 26.0 Å². The number of rotatable bonds is 6. The van der Waals surface area contributed by atoms with Crippen LogP contribution in [0.5, 0.6) is 0 Å². The molecular weight excluding hydrogens is 515 g/mol. The van der Waals surface area contributed by atoms with Gasteiger partial charge in [0.05, 0.1) is 18.6 Å². The van der Waals surface area contributed by atoms with Crippen molar-refractivity contribution in [3.8, 4) is 0 Å². The minimum absolute atomic E-state index is 0.00669. The summed E-state index contributed by atoms with van der Waals surface area (Å²) in [6.45, 7) is 13.3. The first kappa shape index (κ1) is 34.5. The molecule has 0 aromatic rings. The molecule has 0 fully saturated rings. The highest BCUT2D eigenvalue weighted by molar-refractivity contribution is 7.46. The molecule has 7 nitrogen and oxygen atoms in total. The van der Waals surface area contributed by atoms with Crippen molar-refractivity contribution in [2.75, 3.05) is 0 Å². The summed E-state index contributed by atoms with van der Waals surface area (Å²) in [7, 11) is -4.66. The molecule has 3 N–H and O–H groups in total. The number of phosphoric acid groups is 1.